The summed E-state index contributed by atoms with van der Waals surface area (Å²) in [6.45, 7) is 8.93. The molecule has 1 saturated heterocycles. The SMILES string of the molecule is Cc1ccccc1CN1CCN(CCC(=O)c2cc3c4c(c2)CC(=O)N4CCC3)CC1. The number of hydrogen-bond donors (Lipinski definition) is 0. The van der Waals surface area contributed by atoms with E-state index in [1.54, 1.807) is 0 Å². The van der Waals surface area contributed by atoms with Gasteiger partial charge in [0.25, 0.3) is 0 Å². The van der Waals surface area contributed by atoms with Gasteiger partial charge in [0.2, 0.25) is 5.91 Å². The molecule has 5 nitrogen and oxygen atoms in total. The Kier molecular flexibility index (Phi) is 5.63. The molecule has 1 amide bonds. The first-order chi connectivity index (χ1) is 15.1. The molecule has 0 N–H and O–H groups in total. The first-order valence-electron chi connectivity index (χ1n) is 11.6. The minimum absolute atomic E-state index is 0.184. The van der Waals surface area contributed by atoms with E-state index in [0.29, 0.717) is 12.8 Å². The number of Topliss-reactive ketones (excluding diaryl/α,β-unsaturated/α-hetero) is 1. The topological polar surface area (TPSA) is 43.9 Å². The Morgan fingerprint density at radius 2 is 1.71 bits per heavy atom. The second-order valence-corrected chi connectivity index (χ2v) is 9.19. The lowest BCUT2D eigenvalue weighted by Gasteiger charge is -2.34. The highest BCUT2D eigenvalue weighted by Gasteiger charge is 2.33. The fourth-order valence-electron chi connectivity index (χ4n) is 5.24. The van der Waals surface area contributed by atoms with Crippen molar-refractivity contribution >= 4 is 17.4 Å². The number of aryl methyl sites for hydroxylation is 2. The largest absolute Gasteiger partial charge is 0.312 e. The maximum absolute atomic E-state index is 12.9. The molecule has 0 saturated carbocycles. The molecule has 2 aromatic rings. The lowest BCUT2D eigenvalue weighted by Crippen LogP contribution is -2.46. The van der Waals surface area contributed by atoms with Crippen LogP contribution in [0.3, 0.4) is 0 Å². The van der Waals surface area contributed by atoms with Crippen LogP contribution in [0.5, 0.6) is 0 Å². The number of benzene rings is 2. The highest BCUT2D eigenvalue weighted by atomic mass is 16.2. The molecule has 31 heavy (non-hydrogen) atoms. The van der Waals surface area contributed by atoms with E-state index >= 15 is 0 Å². The van der Waals surface area contributed by atoms with Gasteiger partial charge in [-0.3, -0.25) is 14.5 Å². The number of nitrogens with zero attached hydrogens (tertiary/aromatic N) is 3. The molecule has 3 aliphatic rings. The van der Waals surface area contributed by atoms with Crippen LogP contribution in [-0.2, 0) is 24.2 Å². The molecule has 2 aromatic carbocycles. The van der Waals surface area contributed by atoms with Crippen LogP contribution in [0.1, 0.15) is 45.5 Å². The molecule has 0 unspecified atom stereocenters. The molecule has 0 atom stereocenters. The van der Waals surface area contributed by atoms with Crippen LogP contribution in [0, 0.1) is 6.92 Å². The van der Waals surface area contributed by atoms with Crippen LogP contribution >= 0.6 is 0 Å². The second-order valence-electron chi connectivity index (χ2n) is 9.19. The third-order valence-electron chi connectivity index (χ3n) is 7.11. The van der Waals surface area contributed by atoms with Gasteiger partial charge < -0.3 is 9.80 Å². The van der Waals surface area contributed by atoms with Gasteiger partial charge in [-0.15, -0.1) is 0 Å². The molecular weight excluding hydrogens is 386 g/mol. The van der Waals surface area contributed by atoms with Gasteiger partial charge in [-0.1, -0.05) is 24.3 Å². The average molecular weight is 418 g/mol. The Hall–Kier alpha value is -2.50. The van der Waals surface area contributed by atoms with E-state index in [1.807, 2.05) is 17.0 Å². The molecule has 0 aromatic heterocycles. The summed E-state index contributed by atoms with van der Waals surface area (Å²) in [5.74, 6) is 0.391. The van der Waals surface area contributed by atoms with Crippen molar-refractivity contribution in [3.05, 3.63) is 64.2 Å². The van der Waals surface area contributed by atoms with E-state index in [0.717, 1.165) is 75.5 Å². The van der Waals surface area contributed by atoms with E-state index in [-0.39, 0.29) is 11.7 Å². The predicted octanol–water partition coefficient (Wildman–Crippen LogP) is 3.22. The van der Waals surface area contributed by atoms with Gasteiger partial charge in [-0.05, 0) is 54.2 Å². The predicted molar refractivity (Wildman–Crippen MR) is 123 cm³/mol. The first-order valence-corrected chi connectivity index (χ1v) is 11.6. The summed E-state index contributed by atoms with van der Waals surface area (Å²) in [4.78, 5) is 32.0. The summed E-state index contributed by atoms with van der Waals surface area (Å²) in [6, 6.07) is 12.6. The molecule has 1 fully saturated rings. The van der Waals surface area contributed by atoms with Gasteiger partial charge in [0.1, 0.15) is 0 Å². The number of ketones is 1. The summed E-state index contributed by atoms with van der Waals surface area (Å²) in [5, 5.41) is 0. The second kappa shape index (κ2) is 8.56. The van der Waals surface area contributed by atoms with Crippen LogP contribution < -0.4 is 4.90 Å². The number of carbonyl (C=O) groups is 2. The smallest absolute Gasteiger partial charge is 0.231 e. The molecule has 0 radical (unpaired) electrons. The van der Waals surface area contributed by atoms with Crippen LogP contribution in [0.25, 0.3) is 0 Å². The third-order valence-corrected chi connectivity index (χ3v) is 7.11. The van der Waals surface area contributed by atoms with Crippen LogP contribution in [0.15, 0.2) is 36.4 Å². The van der Waals surface area contributed by atoms with Crippen LogP contribution in [0.2, 0.25) is 0 Å². The summed E-state index contributed by atoms with van der Waals surface area (Å²) < 4.78 is 0. The molecule has 3 aliphatic heterocycles. The molecular formula is C26H31N3O2. The van der Waals surface area contributed by atoms with E-state index in [1.165, 1.54) is 16.7 Å². The molecule has 0 bridgehead atoms. The van der Waals surface area contributed by atoms with Gasteiger partial charge in [0.05, 0.1) is 12.1 Å². The van der Waals surface area contributed by atoms with Crippen molar-refractivity contribution < 1.29 is 9.59 Å². The molecule has 0 aliphatic carbocycles. The average Bonchev–Trinajstić information content (AvgIpc) is 3.11. The fourth-order valence-corrected chi connectivity index (χ4v) is 5.24. The van der Waals surface area contributed by atoms with E-state index in [4.69, 9.17) is 0 Å². The van der Waals surface area contributed by atoms with Crippen LogP contribution in [-0.4, -0.2) is 60.8 Å². The Bertz CT molecular complexity index is 1010. The van der Waals surface area contributed by atoms with Gasteiger partial charge in [-0.25, -0.2) is 0 Å². The molecule has 162 valence electrons. The zero-order valence-electron chi connectivity index (χ0n) is 18.4. The minimum Gasteiger partial charge on any atom is -0.312 e. The summed E-state index contributed by atoms with van der Waals surface area (Å²) >= 11 is 0. The zero-order valence-corrected chi connectivity index (χ0v) is 18.4. The maximum atomic E-state index is 12.9. The standard InChI is InChI=1S/C26H31N3O2/c1-19-5-2-3-6-21(19)18-28-13-11-27(12-14-28)10-8-24(30)22-15-20-7-4-9-29-25(31)17-23(16-22)26(20)29/h2-3,5-6,15-16H,4,7-14,17-18H2,1H3. The zero-order chi connectivity index (χ0) is 21.4. The Morgan fingerprint density at radius 3 is 2.52 bits per heavy atom. The first kappa shape index (κ1) is 20.4. The number of piperazine rings is 1. The summed E-state index contributed by atoms with van der Waals surface area (Å²) in [6.07, 6.45) is 2.96. The molecule has 0 spiro atoms. The fraction of sp³-hybridized carbons (Fsp3) is 0.462. The van der Waals surface area contributed by atoms with Crippen molar-refractivity contribution in [2.45, 2.75) is 39.2 Å². The number of amides is 1. The highest BCUT2D eigenvalue weighted by Crippen LogP contribution is 2.37. The van der Waals surface area contributed by atoms with Crippen molar-refractivity contribution in [3.63, 3.8) is 0 Å². The Morgan fingerprint density at radius 1 is 0.968 bits per heavy atom. The van der Waals surface area contributed by atoms with Crippen molar-refractivity contribution in [1.29, 1.82) is 0 Å². The lowest BCUT2D eigenvalue weighted by molar-refractivity contribution is -0.117. The van der Waals surface area contributed by atoms with Gasteiger partial charge in [0.15, 0.2) is 5.78 Å². The van der Waals surface area contributed by atoms with Crippen molar-refractivity contribution in [2.24, 2.45) is 0 Å². The number of hydrogen-bond acceptors (Lipinski definition) is 4. The Balaban J connectivity index is 1.15. The highest BCUT2D eigenvalue weighted by molar-refractivity contribution is 6.05. The van der Waals surface area contributed by atoms with Crippen molar-refractivity contribution in [3.8, 4) is 0 Å². The monoisotopic (exact) mass is 417 g/mol. The lowest BCUT2D eigenvalue weighted by atomic mass is 9.94. The number of carbonyl (C=O) groups excluding carboxylic acids is 2. The van der Waals surface area contributed by atoms with E-state index in [9.17, 15) is 9.59 Å². The molecule has 5 heteroatoms. The maximum Gasteiger partial charge on any atom is 0.231 e. The van der Waals surface area contributed by atoms with E-state index in [2.05, 4.69) is 41.0 Å². The quantitative estimate of drug-likeness (QED) is 0.677. The van der Waals surface area contributed by atoms with Crippen molar-refractivity contribution in [2.75, 3.05) is 44.2 Å². The van der Waals surface area contributed by atoms with Gasteiger partial charge in [-0.2, -0.15) is 0 Å². The summed E-state index contributed by atoms with van der Waals surface area (Å²) in [7, 11) is 0. The number of anilines is 1. The third kappa shape index (κ3) is 4.17. The molecule has 5 rings (SSSR count). The van der Waals surface area contributed by atoms with Gasteiger partial charge in [0, 0.05) is 57.8 Å². The van der Waals surface area contributed by atoms with Crippen molar-refractivity contribution in [1.82, 2.24) is 9.80 Å². The molecule has 3 heterocycles. The van der Waals surface area contributed by atoms with E-state index < -0.39 is 0 Å². The minimum atomic E-state index is 0.184. The van der Waals surface area contributed by atoms with Crippen LogP contribution in [0.4, 0.5) is 5.69 Å². The normalized spacial score (nSPS) is 19.0. The summed E-state index contributed by atoms with van der Waals surface area (Å²) in [5.41, 5.74) is 6.89. The Labute approximate surface area is 184 Å². The van der Waals surface area contributed by atoms with Gasteiger partial charge >= 0.3 is 0 Å². The number of rotatable bonds is 6.